The van der Waals surface area contributed by atoms with Gasteiger partial charge in [0.1, 0.15) is 17.1 Å². The van der Waals surface area contributed by atoms with E-state index < -0.39 is 0 Å². The number of rotatable bonds is 0. The summed E-state index contributed by atoms with van der Waals surface area (Å²) in [5.41, 5.74) is 4.26. The lowest BCUT2D eigenvalue weighted by Gasteiger charge is -2.25. The van der Waals surface area contributed by atoms with E-state index in [0.717, 1.165) is 28.9 Å². The van der Waals surface area contributed by atoms with Crippen molar-refractivity contribution in [2.24, 2.45) is 11.8 Å². The number of ether oxygens (including phenoxy) is 1. The van der Waals surface area contributed by atoms with Gasteiger partial charge in [-0.1, -0.05) is 13.8 Å². The highest BCUT2D eigenvalue weighted by atomic mass is 16.5. The van der Waals surface area contributed by atoms with Crippen LogP contribution in [0.15, 0.2) is 0 Å². The number of hydrogen-bond donors (Lipinski definition) is 1. The lowest BCUT2D eigenvalue weighted by Crippen LogP contribution is -2.30. The van der Waals surface area contributed by atoms with Crippen molar-refractivity contribution >= 4 is 0 Å². The zero-order valence-corrected chi connectivity index (χ0v) is 12.8. The first-order valence-corrected chi connectivity index (χ1v) is 7.29. The number of aromatic hydroxyl groups is 1. The second-order valence-electron chi connectivity index (χ2n) is 6.90. The summed E-state index contributed by atoms with van der Waals surface area (Å²) in [5, 5.41) is 10.4. The Morgan fingerprint density at radius 2 is 1.74 bits per heavy atom. The summed E-state index contributed by atoms with van der Waals surface area (Å²) in [6.07, 6.45) is 1.10. The van der Waals surface area contributed by atoms with Crippen LogP contribution in [-0.2, 0) is 0 Å². The van der Waals surface area contributed by atoms with Crippen LogP contribution in [0.2, 0.25) is 0 Å². The molecule has 1 aromatic carbocycles. The zero-order valence-electron chi connectivity index (χ0n) is 12.8. The Morgan fingerprint density at radius 3 is 2.37 bits per heavy atom. The van der Waals surface area contributed by atoms with Gasteiger partial charge in [0, 0.05) is 11.5 Å². The summed E-state index contributed by atoms with van der Waals surface area (Å²) in [6, 6.07) is 0. The van der Waals surface area contributed by atoms with Gasteiger partial charge in [0.25, 0.3) is 0 Å². The van der Waals surface area contributed by atoms with Crippen LogP contribution >= 0.6 is 0 Å². The quantitative estimate of drug-likeness (QED) is 0.756. The molecule has 1 aliphatic heterocycles. The first-order chi connectivity index (χ1) is 8.78. The van der Waals surface area contributed by atoms with Crippen molar-refractivity contribution in [3.8, 4) is 11.5 Å². The average molecular weight is 260 g/mol. The van der Waals surface area contributed by atoms with Crippen molar-refractivity contribution in [1.82, 2.24) is 0 Å². The molecule has 2 heteroatoms. The molecule has 0 aromatic heterocycles. The van der Waals surface area contributed by atoms with Crippen LogP contribution in [-0.4, -0.2) is 10.7 Å². The topological polar surface area (TPSA) is 29.5 Å². The van der Waals surface area contributed by atoms with Crippen molar-refractivity contribution in [3.63, 3.8) is 0 Å². The minimum absolute atomic E-state index is 0.0864. The molecule has 0 amide bonds. The number of benzene rings is 1. The third-order valence-electron chi connectivity index (χ3n) is 5.72. The van der Waals surface area contributed by atoms with E-state index in [1.165, 1.54) is 5.56 Å². The Balaban J connectivity index is 2.27. The van der Waals surface area contributed by atoms with Gasteiger partial charge in [-0.25, -0.2) is 0 Å². The highest BCUT2D eigenvalue weighted by molar-refractivity contribution is 5.62. The molecule has 0 spiro atoms. The SMILES string of the molecule is Cc1c(C)c2c(c(C)c1O)C1C(C)C(C)CC1(C)O2. The van der Waals surface area contributed by atoms with Gasteiger partial charge in [-0.05, 0) is 62.6 Å². The van der Waals surface area contributed by atoms with Gasteiger partial charge in [-0.3, -0.25) is 0 Å². The van der Waals surface area contributed by atoms with E-state index in [4.69, 9.17) is 4.74 Å². The van der Waals surface area contributed by atoms with Crippen molar-refractivity contribution < 1.29 is 9.84 Å². The molecule has 1 heterocycles. The summed E-state index contributed by atoms with van der Waals surface area (Å²) in [7, 11) is 0. The lowest BCUT2D eigenvalue weighted by molar-refractivity contribution is 0.0998. The predicted octanol–water partition coefficient (Wildman–Crippen LogP) is 4.23. The van der Waals surface area contributed by atoms with Crippen LogP contribution in [0.25, 0.3) is 0 Å². The van der Waals surface area contributed by atoms with Crippen molar-refractivity contribution in [3.05, 3.63) is 22.3 Å². The van der Waals surface area contributed by atoms with E-state index in [-0.39, 0.29) is 5.60 Å². The first-order valence-electron chi connectivity index (χ1n) is 7.29. The van der Waals surface area contributed by atoms with Gasteiger partial charge < -0.3 is 9.84 Å². The number of phenolic OH excluding ortho intramolecular Hbond substituents is 1. The maximum atomic E-state index is 10.4. The largest absolute Gasteiger partial charge is 0.507 e. The predicted molar refractivity (Wildman–Crippen MR) is 77.0 cm³/mol. The maximum Gasteiger partial charge on any atom is 0.127 e. The molecule has 0 bridgehead atoms. The monoisotopic (exact) mass is 260 g/mol. The van der Waals surface area contributed by atoms with Crippen LogP contribution in [0.4, 0.5) is 0 Å². The van der Waals surface area contributed by atoms with Crippen molar-refractivity contribution in [2.75, 3.05) is 0 Å². The molecular weight excluding hydrogens is 236 g/mol. The number of fused-ring (bicyclic) bond motifs is 3. The molecule has 3 rings (SSSR count). The van der Waals surface area contributed by atoms with Gasteiger partial charge in [0.15, 0.2) is 0 Å². The number of phenols is 1. The van der Waals surface area contributed by atoms with Crippen LogP contribution < -0.4 is 4.74 Å². The van der Waals surface area contributed by atoms with E-state index in [0.29, 0.717) is 23.5 Å². The molecule has 2 aliphatic rings. The van der Waals surface area contributed by atoms with Crippen LogP contribution in [0.1, 0.15) is 55.4 Å². The molecule has 19 heavy (non-hydrogen) atoms. The molecule has 1 aromatic rings. The second kappa shape index (κ2) is 3.68. The maximum absolute atomic E-state index is 10.4. The second-order valence-corrected chi connectivity index (χ2v) is 6.90. The fourth-order valence-electron chi connectivity index (χ4n) is 4.38. The smallest absolute Gasteiger partial charge is 0.127 e. The third kappa shape index (κ3) is 1.43. The van der Waals surface area contributed by atoms with Crippen molar-refractivity contribution in [2.45, 2.75) is 59.5 Å². The van der Waals surface area contributed by atoms with Gasteiger partial charge in [-0.2, -0.15) is 0 Å². The molecule has 1 aliphatic carbocycles. The Morgan fingerprint density at radius 1 is 1.11 bits per heavy atom. The van der Waals surface area contributed by atoms with E-state index in [2.05, 4.69) is 27.7 Å². The van der Waals surface area contributed by atoms with Crippen LogP contribution in [0.5, 0.6) is 11.5 Å². The average Bonchev–Trinajstić information content (AvgIpc) is 2.76. The molecule has 0 radical (unpaired) electrons. The molecule has 1 N–H and O–H groups in total. The van der Waals surface area contributed by atoms with E-state index >= 15 is 0 Å². The summed E-state index contributed by atoms with van der Waals surface area (Å²) in [5.74, 6) is 3.19. The molecule has 2 nitrogen and oxygen atoms in total. The van der Waals surface area contributed by atoms with E-state index in [1.807, 2.05) is 13.8 Å². The van der Waals surface area contributed by atoms with Gasteiger partial charge in [-0.15, -0.1) is 0 Å². The Hall–Kier alpha value is -1.18. The standard InChI is InChI=1S/C17H24O2/c1-8-7-17(6)14(9(8)2)13-12(5)15(18)10(3)11(4)16(13)19-17/h8-9,14,18H,7H2,1-6H3. The molecule has 4 atom stereocenters. The van der Waals surface area contributed by atoms with E-state index in [9.17, 15) is 5.11 Å². The first kappa shape index (κ1) is 12.8. The molecule has 104 valence electrons. The minimum Gasteiger partial charge on any atom is -0.507 e. The highest BCUT2D eigenvalue weighted by Gasteiger charge is 2.55. The van der Waals surface area contributed by atoms with Gasteiger partial charge >= 0.3 is 0 Å². The van der Waals surface area contributed by atoms with E-state index in [1.54, 1.807) is 0 Å². The molecular formula is C17H24O2. The third-order valence-corrected chi connectivity index (χ3v) is 5.72. The summed E-state index contributed by atoms with van der Waals surface area (Å²) in [4.78, 5) is 0. The molecule has 0 saturated heterocycles. The van der Waals surface area contributed by atoms with Crippen LogP contribution in [0.3, 0.4) is 0 Å². The highest BCUT2D eigenvalue weighted by Crippen LogP contribution is 2.61. The molecule has 4 unspecified atom stereocenters. The van der Waals surface area contributed by atoms with Gasteiger partial charge in [0.05, 0.1) is 0 Å². The molecule has 1 saturated carbocycles. The Bertz CT molecular complexity index is 561. The zero-order chi connectivity index (χ0) is 14.1. The summed E-state index contributed by atoms with van der Waals surface area (Å²) in [6.45, 7) is 12.9. The fraction of sp³-hybridized carbons (Fsp3) is 0.647. The normalized spacial score (nSPS) is 36.0. The Kier molecular flexibility index (Phi) is 2.49. The minimum atomic E-state index is -0.0864. The van der Waals surface area contributed by atoms with Gasteiger partial charge in [0.2, 0.25) is 0 Å². The summed E-state index contributed by atoms with van der Waals surface area (Å²) >= 11 is 0. The van der Waals surface area contributed by atoms with Crippen LogP contribution in [0, 0.1) is 32.6 Å². The molecule has 1 fully saturated rings. The van der Waals surface area contributed by atoms with Crippen molar-refractivity contribution in [1.29, 1.82) is 0 Å². The summed E-state index contributed by atoms with van der Waals surface area (Å²) < 4.78 is 6.40. The number of hydrogen-bond acceptors (Lipinski definition) is 2. The fourth-order valence-corrected chi connectivity index (χ4v) is 4.38. The lowest BCUT2D eigenvalue weighted by atomic mass is 9.80. The Labute approximate surface area is 115 Å².